The molecule has 5 aromatic rings. The van der Waals surface area contributed by atoms with Gasteiger partial charge in [0.25, 0.3) is 5.91 Å². The quantitative estimate of drug-likeness (QED) is 0.433. The largest absolute Gasteiger partial charge is 0.378 e. The summed E-state index contributed by atoms with van der Waals surface area (Å²) in [6.45, 7) is 2.37. The van der Waals surface area contributed by atoms with Gasteiger partial charge in [0.15, 0.2) is 0 Å². The summed E-state index contributed by atoms with van der Waals surface area (Å²) in [5.74, 6) is 0.340. The van der Waals surface area contributed by atoms with Gasteiger partial charge in [0.2, 0.25) is 5.95 Å². The Morgan fingerprint density at radius 1 is 1.06 bits per heavy atom. The van der Waals surface area contributed by atoms with Crippen LogP contribution in [0.25, 0.3) is 11.5 Å². The molecule has 0 unspecified atom stereocenters. The molecule has 2 N–H and O–H groups in total. The lowest BCUT2D eigenvalue weighted by atomic mass is 10.3. The minimum atomic E-state index is -0.306. The van der Waals surface area contributed by atoms with Crippen molar-refractivity contribution >= 4 is 22.8 Å². The Bertz CT molecular complexity index is 1390. The Morgan fingerprint density at radius 2 is 1.97 bits per heavy atom. The van der Waals surface area contributed by atoms with E-state index in [2.05, 4.69) is 25.6 Å². The zero-order chi connectivity index (χ0) is 21.9. The van der Waals surface area contributed by atoms with Crippen LogP contribution in [0.5, 0.6) is 0 Å². The lowest BCUT2D eigenvalue weighted by molar-refractivity contribution is 0.102. The highest BCUT2D eigenvalue weighted by Crippen LogP contribution is 2.19. The third-order valence-corrected chi connectivity index (χ3v) is 5.03. The average molecular weight is 424 g/mol. The molecule has 0 aliphatic carbocycles. The summed E-state index contributed by atoms with van der Waals surface area (Å²) in [6, 6.07) is 13.3. The number of amides is 1. The van der Waals surface area contributed by atoms with E-state index >= 15 is 0 Å². The molecule has 158 valence electrons. The summed E-state index contributed by atoms with van der Waals surface area (Å²) in [7, 11) is 0. The van der Waals surface area contributed by atoms with Crippen molar-refractivity contribution in [3.63, 3.8) is 0 Å². The molecule has 9 nitrogen and oxygen atoms in total. The molecular formula is C23H20N8O. The number of pyridine rings is 3. The van der Waals surface area contributed by atoms with Crippen LogP contribution >= 0.6 is 0 Å². The average Bonchev–Trinajstić information content (AvgIpc) is 3.45. The monoisotopic (exact) mass is 424 g/mol. The number of carbonyl (C=O) groups excluding carboxylic acids is 1. The molecule has 0 saturated carbocycles. The van der Waals surface area contributed by atoms with Crippen molar-refractivity contribution in [2.24, 2.45) is 0 Å². The smallest absolute Gasteiger partial charge is 0.275 e. The van der Waals surface area contributed by atoms with Gasteiger partial charge in [-0.05, 0) is 43.3 Å². The number of hydrogen-bond donors (Lipinski definition) is 2. The Hall–Kier alpha value is -4.53. The second kappa shape index (κ2) is 8.31. The summed E-state index contributed by atoms with van der Waals surface area (Å²) in [5.41, 5.74) is 4.43. The Labute approximate surface area is 183 Å². The molecule has 9 heteroatoms. The van der Waals surface area contributed by atoms with E-state index in [1.807, 2.05) is 47.9 Å². The molecule has 5 aromatic heterocycles. The van der Waals surface area contributed by atoms with Gasteiger partial charge < -0.3 is 10.6 Å². The van der Waals surface area contributed by atoms with E-state index in [1.165, 1.54) is 0 Å². The van der Waals surface area contributed by atoms with Crippen molar-refractivity contribution in [3.05, 3.63) is 96.9 Å². The zero-order valence-corrected chi connectivity index (χ0v) is 17.3. The molecule has 0 saturated heterocycles. The first kappa shape index (κ1) is 19.4. The highest BCUT2D eigenvalue weighted by atomic mass is 16.1. The maximum Gasteiger partial charge on any atom is 0.275 e. The number of carbonyl (C=O) groups is 1. The molecule has 5 heterocycles. The van der Waals surface area contributed by atoms with Crippen molar-refractivity contribution in [3.8, 4) is 5.95 Å². The lowest BCUT2D eigenvalue weighted by Crippen LogP contribution is -2.13. The molecule has 0 aliphatic rings. The topological polar surface area (TPSA) is 102 Å². The van der Waals surface area contributed by atoms with Gasteiger partial charge in [0.05, 0.1) is 34.8 Å². The van der Waals surface area contributed by atoms with Crippen LogP contribution < -0.4 is 10.6 Å². The standard InChI is InChI=1S/C23H20N8O/c1-16-18(7-5-10-25-16)28-22(32)20-14-30(15-27-20)23-29-19(21-8-2-3-11-31(21)23)13-26-17-6-4-9-24-12-17/h2-12,14-15,26H,13H2,1H3,(H,28,32). The van der Waals surface area contributed by atoms with Crippen LogP contribution in [0, 0.1) is 6.92 Å². The SMILES string of the molecule is Cc1ncccc1NC(=O)c1cn(-c2nc(CNc3cccnc3)c3ccccn23)cn1. The van der Waals surface area contributed by atoms with Crippen molar-refractivity contribution in [2.75, 3.05) is 10.6 Å². The highest BCUT2D eigenvalue weighted by Gasteiger charge is 2.16. The maximum absolute atomic E-state index is 12.7. The third-order valence-electron chi connectivity index (χ3n) is 5.03. The number of imidazole rings is 2. The highest BCUT2D eigenvalue weighted by molar-refractivity contribution is 6.03. The van der Waals surface area contributed by atoms with Crippen molar-refractivity contribution in [1.29, 1.82) is 0 Å². The summed E-state index contributed by atoms with van der Waals surface area (Å²) in [4.78, 5) is 30.1. The van der Waals surface area contributed by atoms with Gasteiger partial charge in [-0.3, -0.25) is 23.7 Å². The van der Waals surface area contributed by atoms with Crippen LogP contribution in [0.4, 0.5) is 11.4 Å². The molecule has 0 fully saturated rings. The van der Waals surface area contributed by atoms with Gasteiger partial charge in [-0.2, -0.15) is 0 Å². The second-order valence-corrected chi connectivity index (χ2v) is 7.17. The number of aryl methyl sites for hydroxylation is 1. The fourth-order valence-electron chi connectivity index (χ4n) is 3.40. The van der Waals surface area contributed by atoms with E-state index in [0.29, 0.717) is 18.2 Å². The van der Waals surface area contributed by atoms with E-state index in [0.717, 1.165) is 22.6 Å². The molecule has 0 atom stereocenters. The van der Waals surface area contributed by atoms with Crippen molar-refractivity contribution < 1.29 is 4.79 Å². The number of nitrogens with one attached hydrogen (secondary N) is 2. The van der Waals surface area contributed by atoms with Gasteiger partial charge in [0, 0.05) is 31.0 Å². The maximum atomic E-state index is 12.7. The zero-order valence-electron chi connectivity index (χ0n) is 17.3. The number of aromatic nitrogens is 6. The molecule has 32 heavy (non-hydrogen) atoms. The predicted octanol–water partition coefficient (Wildman–Crippen LogP) is 3.48. The number of nitrogens with zero attached hydrogens (tertiary/aromatic N) is 6. The van der Waals surface area contributed by atoms with Gasteiger partial charge >= 0.3 is 0 Å². The molecule has 0 spiro atoms. The van der Waals surface area contributed by atoms with Crippen molar-refractivity contribution in [1.82, 2.24) is 28.9 Å². The molecule has 0 bridgehead atoms. The van der Waals surface area contributed by atoms with Crippen LogP contribution in [-0.2, 0) is 6.54 Å². The number of hydrogen-bond acceptors (Lipinski definition) is 6. The summed E-state index contributed by atoms with van der Waals surface area (Å²) in [5, 5.41) is 6.19. The van der Waals surface area contributed by atoms with E-state index in [9.17, 15) is 4.79 Å². The van der Waals surface area contributed by atoms with Gasteiger partial charge in [-0.1, -0.05) is 6.07 Å². The molecule has 0 aliphatic heterocycles. The van der Waals surface area contributed by atoms with Crippen LogP contribution in [0.1, 0.15) is 21.9 Å². The van der Waals surface area contributed by atoms with Crippen molar-refractivity contribution in [2.45, 2.75) is 13.5 Å². The fourth-order valence-corrected chi connectivity index (χ4v) is 3.40. The first-order valence-electron chi connectivity index (χ1n) is 10.1. The predicted molar refractivity (Wildman–Crippen MR) is 121 cm³/mol. The van der Waals surface area contributed by atoms with E-state index < -0.39 is 0 Å². The number of rotatable bonds is 6. The summed E-state index contributed by atoms with van der Waals surface area (Å²) < 4.78 is 3.71. The third kappa shape index (κ3) is 3.79. The Kier molecular flexibility index (Phi) is 5.04. The van der Waals surface area contributed by atoms with E-state index in [-0.39, 0.29) is 11.6 Å². The summed E-state index contributed by atoms with van der Waals surface area (Å²) >= 11 is 0. The first-order chi connectivity index (χ1) is 15.7. The van der Waals surface area contributed by atoms with Crippen LogP contribution in [-0.4, -0.2) is 34.8 Å². The minimum absolute atomic E-state index is 0.288. The van der Waals surface area contributed by atoms with E-state index in [1.54, 1.807) is 47.8 Å². The van der Waals surface area contributed by atoms with E-state index in [4.69, 9.17) is 4.98 Å². The normalized spacial score (nSPS) is 10.9. The van der Waals surface area contributed by atoms with Gasteiger partial charge in [-0.25, -0.2) is 9.97 Å². The second-order valence-electron chi connectivity index (χ2n) is 7.17. The van der Waals surface area contributed by atoms with Gasteiger partial charge in [0.1, 0.15) is 12.0 Å². The van der Waals surface area contributed by atoms with Crippen LogP contribution in [0.2, 0.25) is 0 Å². The van der Waals surface area contributed by atoms with Gasteiger partial charge in [-0.15, -0.1) is 0 Å². The lowest BCUT2D eigenvalue weighted by Gasteiger charge is -2.05. The summed E-state index contributed by atoms with van der Waals surface area (Å²) in [6.07, 6.45) is 10.4. The number of anilines is 2. The molecule has 1 amide bonds. The van der Waals surface area contributed by atoms with Crippen LogP contribution in [0.3, 0.4) is 0 Å². The molecular weight excluding hydrogens is 404 g/mol. The first-order valence-corrected chi connectivity index (χ1v) is 10.1. The Balaban J connectivity index is 1.42. The molecule has 0 radical (unpaired) electrons. The number of fused-ring (bicyclic) bond motifs is 1. The Morgan fingerprint density at radius 3 is 2.81 bits per heavy atom. The fraction of sp³-hybridized carbons (Fsp3) is 0.0870. The van der Waals surface area contributed by atoms with Crippen LogP contribution in [0.15, 0.2) is 79.8 Å². The minimum Gasteiger partial charge on any atom is -0.378 e. The molecule has 5 rings (SSSR count). The molecule has 0 aromatic carbocycles.